The van der Waals surface area contributed by atoms with Crippen molar-refractivity contribution in [1.82, 2.24) is 20.0 Å². The maximum atomic E-state index is 12.3. The fraction of sp³-hybridized carbons (Fsp3) is 0.500. The van der Waals surface area contributed by atoms with Crippen LogP contribution in [0.3, 0.4) is 0 Å². The molecule has 7 nitrogen and oxygen atoms in total. The van der Waals surface area contributed by atoms with Crippen LogP contribution in [0.1, 0.15) is 40.1 Å². The lowest BCUT2D eigenvalue weighted by molar-refractivity contribution is -0.133. The van der Waals surface area contributed by atoms with Crippen molar-refractivity contribution in [3.63, 3.8) is 0 Å². The molecule has 1 fully saturated rings. The highest BCUT2D eigenvalue weighted by Crippen LogP contribution is 2.16. The van der Waals surface area contributed by atoms with Crippen LogP contribution < -0.4 is 5.32 Å². The van der Waals surface area contributed by atoms with Crippen molar-refractivity contribution in [2.75, 3.05) is 38.0 Å². The van der Waals surface area contributed by atoms with Crippen LogP contribution in [0, 0.1) is 6.92 Å². The molecule has 0 aliphatic carbocycles. The zero-order valence-corrected chi connectivity index (χ0v) is 17.3. The van der Waals surface area contributed by atoms with Crippen LogP contribution in [0.5, 0.6) is 0 Å². The average Bonchev–Trinajstić information content (AvgIpc) is 3.19. The number of anilines is 1. The Hall–Kier alpha value is -2.32. The van der Waals surface area contributed by atoms with Gasteiger partial charge in [-0.3, -0.25) is 9.59 Å². The highest BCUT2D eigenvalue weighted by molar-refractivity contribution is 7.13. The minimum absolute atomic E-state index is 0.206. The third-order valence-corrected chi connectivity index (χ3v) is 5.91. The number of likely N-dealkylation sites (N-methyl/N-ethyl adjacent to an activating group) is 1. The van der Waals surface area contributed by atoms with Crippen LogP contribution in [0.2, 0.25) is 0 Å². The number of hydrogen-bond donors (Lipinski definition) is 1. The molecule has 1 aromatic heterocycles. The second-order valence-corrected chi connectivity index (χ2v) is 8.05. The number of nitrogens with zero attached hydrogens (tertiary/aromatic N) is 4. The molecule has 1 aliphatic rings. The van der Waals surface area contributed by atoms with Gasteiger partial charge in [0.2, 0.25) is 10.9 Å². The van der Waals surface area contributed by atoms with Crippen LogP contribution in [-0.2, 0) is 11.2 Å². The Bertz CT molecular complexity index is 797. The van der Waals surface area contributed by atoms with Crippen LogP contribution in [0.15, 0.2) is 24.3 Å². The molecule has 2 heterocycles. The first-order chi connectivity index (χ1) is 13.5. The van der Waals surface area contributed by atoms with Crippen LogP contribution in [-0.4, -0.2) is 64.5 Å². The summed E-state index contributed by atoms with van der Waals surface area (Å²) < 4.78 is 0. The van der Waals surface area contributed by atoms with E-state index in [1.807, 2.05) is 36.1 Å². The van der Waals surface area contributed by atoms with E-state index in [0.717, 1.165) is 55.4 Å². The molecule has 0 radical (unpaired) electrons. The molecule has 0 saturated carbocycles. The summed E-state index contributed by atoms with van der Waals surface area (Å²) in [6.45, 7) is 8.73. The van der Waals surface area contributed by atoms with Gasteiger partial charge in [0.1, 0.15) is 5.01 Å². The van der Waals surface area contributed by atoms with Crippen LogP contribution in [0.25, 0.3) is 0 Å². The lowest BCUT2D eigenvalue weighted by atomic mass is 10.2. The number of aromatic nitrogens is 2. The van der Waals surface area contributed by atoms with Gasteiger partial charge in [0.15, 0.2) is 0 Å². The van der Waals surface area contributed by atoms with Gasteiger partial charge >= 0.3 is 0 Å². The molecular weight excluding hydrogens is 374 g/mol. The smallest absolute Gasteiger partial charge is 0.286 e. The lowest BCUT2D eigenvalue weighted by Crippen LogP contribution is -2.48. The van der Waals surface area contributed by atoms with E-state index in [1.165, 1.54) is 11.3 Å². The number of aryl methyl sites for hydroxylation is 2. The zero-order chi connectivity index (χ0) is 19.9. The Morgan fingerprint density at radius 3 is 2.50 bits per heavy atom. The molecule has 1 N–H and O–H groups in total. The maximum absolute atomic E-state index is 12.3. The number of carbonyl (C=O) groups is 2. The molecule has 2 aromatic rings. The molecule has 8 heteroatoms. The summed E-state index contributed by atoms with van der Waals surface area (Å²) >= 11 is 1.29. The lowest BCUT2D eigenvalue weighted by Gasteiger charge is -2.34. The molecule has 150 valence electrons. The Balaban J connectivity index is 1.42. The number of nitrogens with one attached hydrogen (secondary N) is 1. The Morgan fingerprint density at radius 1 is 1.11 bits per heavy atom. The predicted molar refractivity (Wildman–Crippen MR) is 111 cm³/mol. The van der Waals surface area contributed by atoms with E-state index in [1.54, 1.807) is 0 Å². The van der Waals surface area contributed by atoms with Crippen molar-refractivity contribution >= 4 is 28.8 Å². The zero-order valence-electron chi connectivity index (χ0n) is 16.5. The van der Waals surface area contributed by atoms with E-state index in [9.17, 15) is 9.59 Å². The summed E-state index contributed by atoms with van der Waals surface area (Å²) in [5.41, 5.74) is 1.87. The summed E-state index contributed by atoms with van der Waals surface area (Å²) in [6.07, 6.45) is 1.90. The van der Waals surface area contributed by atoms with E-state index >= 15 is 0 Å². The first kappa shape index (κ1) is 20.4. The summed E-state index contributed by atoms with van der Waals surface area (Å²) in [7, 11) is 0. The molecule has 0 spiro atoms. The number of rotatable bonds is 7. The molecule has 0 bridgehead atoms. The van der Waals surface area contributed by atoms with Gasteiger partial charge in [-0.15, -0.1) is 10.2 Å². The van der Waals surface area contributed by atoms with Crippen molar-refractivity contribution < 1.29 is 9.59 Å². The topological polar surface area (TPSA) is 78.4 Å². The molecule has 28 heavy (non-hydrogen) atoms. The van der Waals surface area contributed by atoms with E-state index in [0.29, 0.717) is 17.8 Å². The first-order valence-electron chi connectivity index (χ1n) is 9.75. The van der Waals surface area contributed by atoms with Crippen molar-refractivity contribution in [3.8, 4) is 0 Å². The second kappa shape index (κ2) is 9.75. The maximum Gasteiger partial charge on any atom is 0.286 e. The summed E-state index contributed by atoms with van der Waals surface area (Å²) in [4.78, 5) is 28.9. The second-order valence-electron chi connectivity index (χ2n) is 6.99. The van der Waals surface area contributed by atoms with Gasteiger partial charge in [0.05, 0.1) is 0 Å². The van der Waals surface area contributed by atoms with E-state index in [4.69, 9.17) is 0 Å². The van der Waals surface area contributed by atoms with Crippen molar-refractivity contribution in [1.29, 1.82) is 0 Å². The normalized spacial score (nSPS) is 14.9. The average molecular weight is 402 g/mol. The fourth-order valence-corrected chi connectivity index (χ4v) is 3.91. The molecule has 0 unspecified atom stereocenters. The third-order valence-electron chi connectivity index (χ3n) is 4.92. The molecule has 1 aliphatic heterocycles. The van der Waals surface area contributed by atoms with Crippen molar-refractivity contribution in [2.45, 2.75) is 33.1 Å². The number of amides is 2. The highest BCUT2D eigenvalue weighted by Gasteiger charge is 2.20. The Morgan fingerprint density at radius 2 is 1.82 bits per heavy atom. The molecule has 0 atom stereocenters. The van der Waals surface area contributed by atoms with E-state index in [-0.39, 0.29) is 11.8 Å². The third kappa shape index (κ3) is 5.59. The quantitative estimate of drug-likeness (QED) is 0.772. The van der Waals surface area contributed by atoms with Crippen molar-refractivity contribution in [3.05, 3.63) is 39.8 Å². The number of carbonyl (C=O) groups excluding carboxylic acids is 2. The number of piperazine rings is 1. The highest BCUT2D eigenvalue weighted by atomic mass is 32.1. The summed E-state index contributed by atoms with van der Waals surface area (Å²) in [5.74, 6) is -0.0462. The van der Waals surface area contributed by atoms with Crippen LogP contribution in [0.4, 0.5) is 5.69 Å². The van der Waals surface area contributed by atoms with Gasteiger partial charge in [-0.1, -0.05) is 36.0 Å². The Kier molecular flexibility index (Phi) is 7.11. The number of hydrogen-bond acceptors (Lipinski definition) is 6. The van der Waals surface area contributed by atoms with E-state index in [2.05, 4.69) is 27.3 Å². The van der Waals surface area contributed by atoms with E-state index < -0.39 is 0 Å². The molecule has 1 aromatic carbocycles. The molecule has 3 rings (SSSR count). The number of benzene rings is 1. The molecule has 2 amide bonds. The fourth-order valence-electron chi connectivity index (χ4n) is 3.13. The minimum Gasteiger partial charge on any atom is -0.340 e. The minimum atomic E-state index is -0.252. The Labute approximate surface area is 169 Å². The summed E-state index contributed by atoms with van der Waals surface area (Å²) in [5, 5.41) is 12.1. The van der Waals surface area contributed by atoms with Gasteiger partial charge in [-0.25, -0.2) is 0 Å². The van der Waals surface area contributed by atoms with Gasteiger partial charge in [0, 0.05) is 44.7 Å². The monoisotopic (exact) mass is 401 g/mol. The molecular formula is C20H27N5O2S. The summed E-state index contributed by atoms with van der Waals surface area (Å²) in [6, 6.07) is 7.61. The predicted octanol–water partition coefficient (Wildman–Crippen LogP) is 2.59. The SMILES string of the molecule is CCN1CCN(C(=O)CCCc2nnc(C(=O)Nc3ccc(C)cc3)s2)CC1. The van der Waals surface area contributed by atoms with Crippen LogP contribution >= 0.6 is 11.3 Å². The van der Waals surface area contributed by atoms with Gasteiger partial charge in [-0.05, 0) is 32.0 Å². The van der Waals surface area contributed by atoms with Gasteiger partial charge < -0.3 is 15.1 Å². The largest absolute Gasteiger partial charge is 0.340 e. The first-order valence-corrected chi connectivity index (χ1v) is 10.6. The molecule has 1 saturated heterocycles. The van der Waals surface area contributed by atoms with Crippen molar-refractivity contribution in [2.24, 2.45) is 0 Å². The standard InChI is InChI=1S/C20H27N5O2S/c1-3-24-11-13-25(14-12-24)18(26)6-4-5-17-22-23-20(28-17)19(27)21-16-9-7-15(2)8-10-16/h7-10H,3-6,11-14H2,1-2H3,(H,21,27). The van der Waals surface area contributed by atoms with Gasteiger partial charge in [-0.2, -0.15) is 0 Å². The van der Waals surface area contributed by atoms with Gasteiger partial charge in [0.25, 0.3) is 5.91 Å².